The van der Waals surface area contributed by atoms with Crippen LogP contribution < -0.4 is 5.32 Å². The summed E-state index contributed by atoms with van der Waals surface area (Å²) in [4.78, 5) is 14.3. The largest absolute Gasteiger partial charge is 0.315 e. The Hall–Kier alpha value is -1.38. The number of carbonyl (C=O) groups excluding carboxylic acids is 1. The van der Waals surface area contributed by atoms with E-state index in [4.69, 9.17) is 5.26 Å². The number of nitriles is 1. The fourth-order valence-electron chi connectivity index (χ4n) is 2.18. The van der Waals surface area contributed by atoms with Crippen molar-refractivity contribution < 1.29 is 4.79 Å². The van der Waals surface area contributed by atoms with E-state index in [1.807, 2.05) is 12.3 Å². The molecule has 0 spiro atoms. The van der Waals surface area contributed by atoms with Gasteiger partial charge in [-0.2, -0.15) is 5.26 Å². The maximum Gasteiger partial charge on any atom is 0.242 e. The van der Waals surface area contributed by atoms with Gasteiger partial charge in [-0.1, -0.05) is 6.42 Å². The summed E-state index contributed by atoms with van der Waals surface area (Å²) in [5.41, 5.74) is 0.541. The van der Waals surface area contributed by atoms with E-state index in [1.54, 1.807) is 6.07 Å². The van der Waals surface area contributed by atoms with Gasteiger partial charge in [0.2, 0.25) is 5.91 Å². The van der Waals surface area contributed by atoms with Crippen molar-refractivity contribution in [3.8, 4) is 6.07 Å². The van der Waals surface area contributed by atoms with Crippen LogP contribution in [0.5, 0.6) is 0 Å². The van der Waals surface area contributed by atoms with Gasteiger partial charge in [-0.3, -0.25) is 9.69 Å². The molecule has 1 aliphatic heterocycles. The van der Waals surface area contributed by atoms with Crippen LogP contribution in [0.15, 0.2) is 11.4 Å². The molecule has 1 aromatic rings. The molecule has 0 bridgehead atoms. The number of amides is 1. The number of nitrogens with zero attached hydrogens (tertiary/aromatic N) is 2. The summed E-state index contributed by atoms with van der Waals surface area (Å²) in [7, 11) is 0. The lowest BCUT2D eigenvalue weighted by Gasteiger charge is -2.31. The predicted octanol–water partition coefficient (Wildman–Crippen LogP) is 2.43. The van der Waals surface area contributed by atoms with Gasteiger partial charge in [-0.25, -0.2) is 0 Å². The number of piperidine rings is 1. The molecular weight excluding hydrogens is 246 g/mol. The maximum absolute atomic E-state index is 12.1. The highest BCUT2D eigenvalue weighted by atomic mass is 32.1. The molecule has 1 atom stereocenters. The van der Waals surface area contributed by atoms with Crippen molar-refractivity contribution in [2.24, 2.45) is 0 Å². The smallest absolute Gasteiger partial charge is 0.242 e. The van der Waals surface area contributed by atoms with Gasteiger partial charge in [-0.15, -0.1) is 11.3 Å². The van der Waals surface area contributed by atoms with Crippen LogP contribution in [0, 0.1) is 11.3 Å². The molecule has 1 amide bonds. The summed E-state index contributed by atoms with van der Waals surface area (Å²) in [5, 5.41) is 14.2. The van der Waals surface area contributed by atoms with Crippen molar-refractivity contribution >= 4 is 22.2 Å². The second-order valence-electron chi connectivity index (χ2n) is 4.54. The molecule has 1 aliphatic rings. The summed E-state index contributed by atoms with van der Waals surface area (Å²) >= 11 is 1.39. The third-order valence-electron chi connectivity index (χ3n) is 3.34. The van der Waals surface area contributed by atoms with Gasteiger partial charge in [-0.05, 0) is 44.3 Å². The number of anilines is 1. The van der Waals surface area contributed by atoms with Gasteiger partial charge in [0.05, 0.1) is 11.6 Å². The number of nitrogens with one attached hydrogen (secondary N) is 1. The first-order valence-corrected chi connectivity index (χ1v) is 7.13. The average Bonchev–Trinajstić information content (AvgIpc) is 2.86. The van der Waals surface area contributed by atoms with Crippen molar-refractivity contribution in [3.63, 3.8) is 0 Å². The highest BCUT2D eigenvalue weighted by Crippen LogP contribution is 2.23. The molecule has 1 saturated heterocycles. The topological polar surface area (TPSA) is 56.1 Å². The Bertz CT molecular complexity index is 457. The Kier molecular flexibility index (Phi) is 4.34. The van der Waals surface area contributed by atoms with E-state index in [2.05, 4.69) is 16.3 Å². The lowest BCUT2D eigenvalue weighted by Crippen LogP contribution is -2.44. The van der Waals surface area contributed by atoms with Crippen LogP contribution in [-0.2, 0) is 4.79 Å². The minimum Gasteiger partial charge on any atom is -0.315 e. The summed E-state index contributed by atoms with van der Waals surface area (Å²) in [6, 6.07) is 3.68. The maximum atomic E-state index is 12.1. The number of likely N-dealkylation sites (tertiary alicyclic amines) is 1. The Morgan fingerprint density at radius 3 is 2.89 bits per heavy atom. The lowest BCUT2D eigenvalue weighted by molar-refractivity contribution is -0.121. The molecule has 18 heavy (non-hydrogen) atoms. The zero-order chi connectivity index (χ0) is 13.0. The zero-order valence-corrected chi connectivity index (χ0v) is 11.3. The average molecular weight is 263 g/mol. The molecule has 4 nitrogen and oxygen atoms in total. The third-order valence-corrected chi connectivity index (χ3v) is 4.17. The number of carbonyl (C=O) groups is 1. The van der Waals surface area contributed by atoms with Crippen LogP contribution >= 0.6 is 11.3 Å². The highest BCUT2D eigenvalue weighted by Gasteiger charge is 2.23. The van der Waals surface area contributed by atoms with Crippen LogP contribution in [0.2, 0.25) is 0 Å². The number of thiophene rings is 1. The molecule has 0 radical (unpaired) electrons. The highest BCUT2D eigenvalue weighted by molar-refractivity contribution is 7.14. The molecule has 1 fully saturated rings. The van der Waals surface area contributed by atoms with Crippen molar-refractivity contribution in [3.05, 3.63) is 17.0 Å². The Morgan fingerprint density at radius 2 is 2.22 bits per heavy atom. The summed E-state index contributed by atoms with van der Waals surface area (Å²) in [6.45, 7) is 3.91. The second-order valence-corrected chi connectivity index (χ2v) is 5.45. The van der Waals surface area contributed by atoms with E-state index in [9.17, 15) is 4.79 Å². The van der Waals surface area contributed by atoms with Crippen molar-refractivity contribution in [2.75, 3.05) is 18.4 Å². The molecule has 1 N–H and O–H groups in total. The van der Waals surface area contributed by atoms with Crippen LogP contribution in [0.1, 0.15) is 31.7 Å². The van der Waals surface area contributed by atoms with E-state index in [0.29, 0.717) is 10.6 Å². The first-order valence-electron chi connectivity index (χ1n) is 6.25. The van der Waals surface area contributed by atoms with E-state index in [-0.39, 0.29) is 11.9 Å². The molecule has 1 aromatic heterocycles. The number of hydrogen-bond donors (Lipinski definition) is 1. The molecule has 2 heterocycles. The molecular formula is C13H17N3OS. The molecule has 2 rings (SSSR count). The van der Waals surface area contributed by atoms with Crippen LogP contribution in [0.25, 0.3) is 0 Å². The molecule has 0 saturated carbocycles. The molecule has 5 heteroatoms. The van der Waals surface area contributed by atoms with Gasteiger partial charge in [0.15, 0.2) is 0 Å². The van der Waals surface area contributed by atoms with Gasteiger partial charge in [0.25, 0.3) is 0 Å². The molecule has 0 aromatic carbocycles. The SMILES string of the molecule is C[C@@H](C(=O)Nc1sccc1C#N)N1CCCCC1. The van der Waals surface area contributed by atoms with Gasteiger partial charge in [0, 0.05) is 0 Å². The first kappa shape index (κ1) is 13.1. The van der Waals surface area contributed by atoms with Crippen LogP contribution in [0.4, 0.5) is 5.00 Å². The van der Waals surface area contributed by atoms with Gasteiger partial charge < -0.3 is 5.32 Å². The van der Waals surface area contributed by atoms with Crippen molar-refractivity contribution in [1.29, 1.82) is 5.26 Å². The Labute approximate surface area is 111 Å². The quantitative estimate of drug-likeness (QED) is 0.911. The number of hydrogen-bond acceptors (Lipinski definition) is 4. The number of rotatable bonds is 3. The van der Waals surface area contributed by atoms with Gasteiger partial charge in [0.1, 0.15) is 11.1 Å². The summed E-state index contributed by atoms with van der Waals surface area (Å²) in [6.07, 6.45) is 3.59. The minimum absolute atomic E-state index is 0.0177. The monoisotopic (exact) mass is 263 g/mol. The van der Waals surface area contributed by atoms with E-state index in [0.717, 1.165) is 13.1 Å². The predicted molar refractivity (Wildman–Crippen MR) is 72.5 cm³/mol. The second kappa shape index (κ2) is 5.98. The van der Waals surface area contributed by atoms with Gasteiger partial charge >= 0.3 is 0 Å². The van der Waals surface area contributed by atoms with Crippen molar-refractivity contribution in [1.82, 2.24) is 4.90 Å². The Morgan fingerprint density at radius 1 is 1.50 bits per heavy atom. The molecule has 0 unspecified atom stereocenters. The standard InChI is InChI=1S/C13H17N3OS/c1-10(16-6-3-2-4-7-16)12(17)15-13-11(9-14)5-8-18-13/h5,8,10H,2-4,6-7H2,1H3,(H,15,17)/t10-/m0/s1. The van der Waals surface area contributed by atoms with Crippen LogP contribution in [-0.4, -0.2) is 29.9 Å². The fraction of sp³-hybridized carbons (Fsp3) is 0.538. The fourth-order valence-corrected chi connectivity index (χ4v) is 2.92. The zero-order valence-electron chi connectivity index (χ0n) is 10.5. The van der Waals surface area contributed by atoms with Crippen molar-refractivity contribution in [2.45, 2.75) is 32.2 Å². The van der Waals surface area contributed by atoms with Crippen LogP contribution in [0.3, 0.4) is 0 Å². The lowest BCUT2D eigenvalue weighted by atomic mass is 10.1. The molecule has 96 valence electrons. The third kappa shape index (κ3) is 2.89. The normalized spacial score (nSPS) is 18.0. The summed E-state index contributed by atoms with van der Waals surface area (Å²) < 4.78 is 0. The van der Waals surface area contributed by atoms with E-state index >= 15 is 0 Å². The molecule has 0 aliphatic carbocycles. The van der Waals surface area contributed by atoms with E-state index in [1.165, 1.54) is 30.6 Å². The minimum atomic E-state index is -0.126. The summed E-state index contributed by atoms with van der Waals surface area (Å²) in [5.74, 6) is -0.0177. The first-order chi connectivity index (χ1) is 8.72. The Balaban J connectivity index is 1.97. The van der Waals surface area contributed by atoms with E-state index < -0.39 is 0 Å².